The van der Waals surface area contributed by atoms with E-state index in [1.807, 2.05) is 62.4 Å². The Morgan fingerprint density at radius 2 is 1.76 bits per heavy atom. The number of rotatable bonds is 9. The summed E-state index contributed by atoms with van der Waals surface area (Å²) in [7, 11) is 0. The number of fused-ring (bicyclic) bond motifs is 1. The molecule has 4 rings (SSSR count). The van der Waals surface area contributed by atoms with Crippen molar-refractivity contribution >= 4 is 34.1 Å². The molecule has 1 amide bonds. The van der Waals surface area contributed by atoms with Crippen LogP contribution in [-0.4, -0.2) is 40.6 Å². The zero-order valence-electron chi connectivity index (χ0n) is 18.6. The van der Waals surface area contributed by atoms with Gasteiger partial charge < -0.3 is 20.7 Å². The largest absolute Gasteiger partial charge is 0.493 e. The molecule has 2 heterocycles. The van der Waals surface area contributed by atoms with Crippen molar-refractivity contribution in [1.29, 1.82) is 0 Å². The summed E-state index contributed by atoms with van der Waals surface area (Å²) < 4.78 is 5.71. The number of amides is 1. The van der Waals surface area contributed by atoms with Crippen LogP contribution in [0.25, 0.3) is 10.8 Å². The Morgan fingerprint density at radius 3 is 2.61 bits per heavy atom. The summed E-state index contributed by atoms with van der Waals surface area (Å²) in [5.74, 6) is 2.40. The topological polar surface area (TPSA) is 101 Å². The molecule has 168 valence electrons. The molecule has 0 bridgehead atoms. The van der Waals surface area contributed by atoms with Crippen molar-refractivity contribution in [1.82, 2.24) is 20.3 Å². The molecule has 0 saturated carbocycles. The van der Waals surface area contributed by atoms with E-state index in [2.05, 4.69) is 30.9 Å². The minimum Gasteiger partial charge on any atom is -0.493 e. The molecule has 0 aliphatic heterocycles. The molecular weight excluding hydrogens is 416 g/mol. The number of benzene rings is 2. The third kappa shape index (κ3) is 5.54. The van der Waals surface area contributed by atoms with Crippen molar-refractivity contribution in [2.45, 2.75) is 13.8 Å². The van der Waals surface area contributed by atoms with Crippen LogP contribution in [0, 0.1) is 6.92 Å². The molecule has 0 saturated heterocycles. The fourth-order valence-corrected chi connectivity index (χ4v) is 3.47. The van der Waals surface area contributed by atoms with E-state index < -0.39 is 0 Å². The van der Waals surface area contributed by atoms with Crippen LogP contribution in [0.2, 0.25) is 0 Å². The van der Waals surface area contributed by atoms with Gasteiger partial charge in [-0.2, -0.15) is 0 Å². The first-order chi connectivity index (χ1) is 16.1. The number of hydrogen-bond donors (Lipinski definition) is 3. The zero-order chi connectivity index (χ0) is 23.0. The van der Waals surface area contributed by atoms with Gasteiger partial charge in [0.25, 0.3) is 5.91 Å². The van der Waals surface area contributed by atoms with Crippen molar-refractivity contribution < 1.29 is 9.53 Å². The lowest BCUT2D eigenvalue weighted by atomic mass is 10.0. The lowest BCUT2D eigenvalue weighted by Gasteiger charge is -2.14. The Morgan fingerprint density at radius 1 is 0.939 bits per heavy atom. The Hall–Kier alpha value is -4.20. The third-order valence-electron chi connectivity index (χ3n) is 4.97. The van der Waals surface area contributed by atoms with E-state index in [0.717, 1.165) is 16.3 Å². The van der Waals surface area contributed by atoms with Crippen LogP contribution in [0.15, 0.2) is 67.1 Å². The van der Waals surface area contributed by atoms with Gasteiger partial charge in [-0.25, -0.2) is 15.0 Å². The molecule has 8 nitrogen and oxygen atoms in total. The minimum absolute atomic E-state index is 0.174. The molecule has 2 aromatic carbocycles. The fourth-order valence-electron chi connectivity index (χ4n) is 3.47. The highest BCUT2D eigenvalue weighted by Crippen LogP contribution is 2.28. The first kappa shape index (κ1) is 22.0. The Labute approximate surface area is 192 Å². The van der Waals surface area contributed by atoms with E-state index in [9.17, 15) is 4.79 Å². The first-order valence-corrected chi connectivity index (χ1v) is 10.8. The predicted octanol–water partition coefficient (Wildman–Crippen LogP) is 4.32. The van der Waals surface area contributed by atoms with Gasteiger partial charge in [-0.05, 0) is 48.4 Å². The van der Waals surface area contributed by atoms with Crippen LogP contribution in [0.1, 0.15) is 22.8 Å². The third-order valence-corrected chi connectivity index (χ3v) is 4.97. The summed E-state index contributed by atoms with van der Waals surface area (Å²) in [6, 6.07) is 17.3. The van der Waals surface area contributed by atoms with Gasteiger partial charge in [0.1, 0.15) is 29.5 Å². The summed E-state index contributed by atoms with van der Waals surface area (Å²) in [5.41, 5.74) is 1.66. The lowest BCUT2D eigenvalue weighted by Crippen LogP contribution is -2.29. The molecule has 0 atom stereocenters. The van der Waals surface area contributed by atoms with Crippen LogP contribution < -0.4 is 20.7 Å². The highest BCUT2D eigenvalue weighted by atomic mass is 16.5. The summed E-state index contributed by atoms with van der Waals surface area (Å²) in [5, 5.41) is 11.2. The van der Waals surface area contributed by atoms with Crippen LogP contribution >= 0.6 is 0 Å². The molecule has 4 aromatic rings. The average Bonchev–Trinajstić information content (AvgIpc) is 2.82. The molecular formula is C25H26N6O2. The number of carbonyl (C=O) groups is 1. The lowest BCUT2D eigenvalue weighted by molar-refractivity contribution is 0.0953. The van der Waals surface area contributed by atoms with E-state index in [1.165, 1.54) is 6.33 Å². The van der Waals surface area contributed by atoms with Crippen molar-refractivity contribution in [2.24, 2.45) is 0 Å². The normalized spacial score (nSPS) is 10.6. The quantitative estimate of drug-likeness (QED) is 0.332. The van der Waals surface area contributed by atoms with Crippen molar-refractivity contribution in [3.8, 4) is 5.75 Å². The standard InChI is InChI=1S/C25H26N6O2/c1-3-33-20-9-8-18-6-4-5-7-19(18)24(20)25(32)28-13-12-27-21-15-23(30-16-29-21)31-22-14-17(2)10-11-26-22/h4-11,14-16H,3,12-13H2,1-2H3,(H,28,32)(H2,26,27,29,30,31). The van der Waals surface area contributed by atoms with Crippen LogP contribution in [0.4, 0.5) is 17.5 Å². The number of aryl methyl sites for hydroxylation is 1. The Kier molecular flexibility index (Phi) is 6.94. The van der Waals surface area contributed by atoms with Crippen LogP contribution in [-0.2, 0) is 0 Å². The molecule has 33 heavy (non-hydrogen) atoms. The fraction of sp³-hybridized carbons (Fsp3) is 0.200. The minimum atomic E-state index is -0.174. The van der Waals surface area contributed by atoms with Gasteiger partial charge in [-0.1, -0.05) is 30.3 Å². The summed E-state index contributed by atoms with van der Waals surface area (Å²) >= 11 is 0. The summed E-state index contributed by atoms with van der Waals surface area (Å²) in [6.45, 7) is 5.31. The zero-order valence-corrected chi connectivity index (χ0v) is 18.6. The number of aromatic nitrogens is 3. The van der Waals surface area contributed by atoms with Gasteiger partial charge in [-0.3, -0.25) is 4.79 Å². The van der Waals surface area contributed by atoms with Gasteiger partial charge in [0, 0.05) is 25.4 Å². The Balaban J connectivity index is 1.37. The second kappa shape index (κ2) is 10.4. The van der Waals surface area contributed by atoms with Crippen LogP contribution in [0.5, 0.6) is 5.75 Å². The smallest absolute Gasteiger partial charge is 0.255 e. The maximum absolute atomic E-state index is 13.0. The molecule has 0 aliphatic carbocycles. The van der Waals surface area contributed by atoms with E-state index in [1.54, 1.807) is 12.3 Å². The SMILES string of the molecule is CCOc1ccc2ccccc2c1C(=O)NCCNc1cc(Nc2cc(C)ccn2)ncn1. The number of hydrogen-bond acceptors (Lipinski definition) is 7. The maximum Gasteiger partial charge on any atom is 0.255 e. The number of nitrogens with zero attached hydrogens (tertiary/aromatic N) is 3. The maximum atomic E-state index is 13.0. The van der Waals surface area contributed by atoms with Gasteiger partial charge in [0.2, 0.25) is 0 Å². The summed E-state index contributed by atoms with van der Waals surface area (Å²) in [6.07, 6.45) is 3.22. The molecule has 0 fully saturated rings. The van der Waals surface area contributed by atoms with Crippen molar-refractivity contribution in [3.05, 3.63) is 78.2 Å². The average molecular weight is 443 g/mol. The summed E-state index contributed by atoms with van der Waals surface area (Å²) in [4.78, 5) is 25.7. The van der Waals surface area contributed by atoms with Gasteiger partial charge >= 0.3 is 0 Å². The second-order valence-corrected chi connectivity index (χ2v) is 7.41. The molecule has 8 heteroatoms. The number of pyridine rings is 1. The molecule has 0 spiro atoms. The number of ether oxygens (including phenoxy) is 1. The molecule has 3 N–H and O–H groups in total. The van der Waals surface area contributed by atoms with E-state index in [-0.39, 0.29) is 5.91 Å². The van der Waals surface area contributed by atoms with Crippen LogP contribution in [0.3, 0.4) is 0 Å². The molecule has 0 radical (unpaired) electrons. The molecule has 0 unspecified atom stereocenters. The number of carbonyl (C=O) groups excluding carboxylic acids is 1. The van der Waals surface area contributed by atoms with E-state index in [0.29, 0.717) is 48.5 Å². The molecule has 2 aromatic heterocycles. The van der Waals surface area contributed by atoms with E-state index >= 15 is 0 Å². The highest BCUT2D eigenvalue weighted by molar-refractivity contribution is 6.09. The molecule has 0 aliphatic rings. The van der Waals surface area contributed by atoms with Gasteiger partial charge in [-0.15, -0.1) is 0 Å². The van der Waals surface area contributed by atoms with Gasteiger partial charge in [0.05, 0.1) is 12.2 Å². The van der Waals surface area contributed by atoms with Crippen molar-refractivity contribution in [2.75, 3.05) is 30.3 Å². The van der Waals surface area contributed by atoms with Gasteiger partial charge in [0.15, 0.2) is 0 Å². The predicted molar refractivity (Wildman–Crippen MR) is 130 cm³/mol. The Bertz CT molecular complexity index is 1260. The van der Waals surface area contributed by atoms with Crippen molar-refractivity contribution in [3.63, 3.8) is 0 Å². The monoisotopic (exact) mass is 442 g/mol. The number of nitrogens with one attached hydrogen (secondary N) is 3. The highest BCUT2D eigenvalue weighted by Gasteiger charge is 2.16. The first-order valence-electron chi connectivity index (χ1n) is 10.8. The second-order valence-electron chi connectivity index (χ2n) is 7.41. The number of anilines is 3. The van der Waals surface area contributed by atoms with E-state index in [4.69, 9.17) is 4.74 Å².